The molecule has 1 heterocycles. The second kappa shape index (κ2) is 6.10. The minimum absolute atomic E-state index is 0.493. The van der Waals surface area contributed by atoms with Crippen LogP contribution in [0.3, 0.4) is 0 Å². The first kappa shape index (κ1) is 12.5. The summed E-state index contributed by atoms with van der Waals surface area (Å²) in [4.78, 5) is 8.51. The molecular formula is C12H19N3OS. The number of thioether (sulfide) groups is 1. The Morgan fingerprint density at radius 3 is 2.65 bits per heavy atom. The fourth-order valence-corrected chi connectivity index (χ4v) is 3.14. The maximum absolute atomic E-state index is 5.04. The van der Waals surface area contributed by atoms with Gasteiger partial charge in [0.25, 0.3) is 0 Å². The van der Waals surface area contributed by atoms with Gasteiger partial charge in [-0.2, -0.15) is 11.8 Å². The molecular weight excluding hydrogens is 234 g/mol. The van der Waals surface area contributed by atoms with E-state index in [4.69, 9.17) is 4.74 Å². The molecule has 0 radical (unpaired) electrons. The fourth-order valence-electron chi connectivity index (χ4n) is 2.21. The molecule has 1 N–H and O–H groups in total. The van der Waals surface area contributed by atoms with E-state index in [0.717, 1.165) is 0 Å². The highest BCUT2D eigenvalue weighted by atomic mass is 32.2. The van der Waals surface area contributed by atoms with Crippen molar-refractivity contribution >= 4 is 17.7 Å². The van der Waals surface area contributed by atoms with E-state index >= 15 is 0 Å². The summed E-state index contributed by atoms with van der Waals surface area (Å²) >= 11 is 1.94. The normalized spacial score (nSPS) is 24.4. The van der Waals surface area contributed by atoms with Crippen LogP contribution in [0.15, 0.2) is 12.4 Å². The van der Waals surface area contributed by atoms with Crippen molar-refractivity contribution in [1.29, 1.82) is 0 Å². The molecule has 0 saturated heterocycles. The minimum atomic E-state index is 0.493. The number of anilines is 1. The first-order chi connectivity index (χ1) is 8.33. The third kappa shape index (κ3) is 3.25. The Balaban J connectivity index is 1.98. The summed E-state index contributed by atoms with van der Waals surface area (Å²) in [5.74, 6) is 1.40. The molecule has 5 heteroatoms. The monoisotopic (exact) mass is 253 g/mol. The quantitative estimate of drug-likeness (QED) is 0.893. The Morgan fingerprint density at radius 2 is 2.00 bits per heavy atom. The molecule has 4 nitrogen and oxygen atoms in total. The van der Waals surface area contributed by atoms with Crippen LogP contribution >= 0.6 is 11.8 Å². The third-order valence-electron chi connectivity index (χ3n) is 3.18. The van der Waals surface area contributed by atoms with E-state index in [-0.39, 0.29) is 0 Å². The Labute approximate surface area is 107 Å². The molecule has 1 aromatic heterocycles. The smallest absolute Gasteiger partial charge is 0.223 e. The molecule has 2 rings (SSSR count). The molecule has 0 bridgehead atoms. The number of rotatable bonds is 4. The van der Waals surface area contributed by atoms with Crippen LogP contribution in [0.2, 0.25) is 0 Å². The minimum Gasteiger partial charge on any atom is -0.494 e. The Hall–Kier alpha value is -0.970. The molecule has 1 saturated carbocycles. The Kier molecular flexibility index (Phi) is 4.48. The van der Waals surface area contributed by atoms with Crippen LogP contribution in [0, 0.1) is 0 Å². The van der Waals surface area contributed by atoms with Gasteiger partial charge in [0.1, 0.15) is 0 Å². The number of aromatic nitrogens is 2. The van der Waals surface area contributed by atoms with Crippen LogP contribution in [0.1, 0.15) is 25.7 Å². The van der Waals surface area contributed by atoms with Crippen molar-refractivity contribution in [2.45, 2.75) is 37.0 Å². The van der Waals surface area contributed by atoms with Gasteiger partial charge in [-0.25, -0.2) is 9.97 Å². The predicted octanol–water partition coefficient (Wildman–Crippen LogP) is 2.57. The summed E-state index contributed by atoms with van der Waals surface area (Å²) in [7, 11) is 1.62. The van der Waals surface area contributed by atoms with E-state index in [0.29, 0.717) is 23.0 Å². The molecule has 2 atom stereocenters. The van der Waals surface area contributed by atoms with Crippen LogP contribution in [0.25, 0.3) is 0 Å². The van der Waals surface area contributed by atoms with Crippen LogP contribution in [-0.2, 0) is 0 Å². The second-order valence-corrected chi connectivity index (χ2v) is 5.33. The van der Waals surface area contributed by atoms with Crippen LogP contribution in [0.5, 0.6) is 5.75 Å². The first-order valence-corrected chi connectivity index (χ1v) is 7.27. The van der Waals surface area contributed by atoms with Gasteiger partial charge in [-0.15, -0.1) is 0 Å². The molecule has 0 aliphatic heterocycles. The van der Waals surface area contributed by atoms with Gasteiger partial charge >= 0.3 is 0 Å². The highest BCUT2D eigenvalue weighted by molar-refractivity contribution is 7.99. The SMILES string of the molecule is COc1cnc(NC2CCCCC2SC)nc1. The van der Waals surface area contributed by atoms with Crippen molar-refractivity contribution < 1.29 is 4.74 Å². The second-order valence-electron chi connectivity index (χ2n) is 4.26. The number of nitrogens with one attached hydrogen (secondary N) is 1. The maximum Gasteiger partial charge on any atom is 0.223 e. The zero-order valence-electron chi connectivity index (χ0n) is 10.3. The topological polar surface area (TPSA) is 47.0 Å². The predicted molar refractivity (Wildman–Crippen MR) is 71.8 cm³/mol. The zero-order chi connectivity index (χ0) is 12.1. The van der Waals surface area contributed by atoms with E-state index in [1.807, 2.05) is 11.8 Å². The van der Waals surface area contributed by atoms with Gasteiger partial charge in [0.05, 0.1) is 19.5 Å². The van der Waals surface area contributed by atoms with E-state index in [1.165, 1.54) is 25.7 Å². The van der Waals surface area contributed by atoms with Crippen LogP contribution in [0.4, 0.5) is 5.95 Å². The summed E-state index contributed by atoms with van der Waals surface area (Å²) in [5, 5.41) is 4.11. The molecule has 2 unspecified atom stereocenters. The lowest BCUT2D eigenvalue weighted by molar-refractivity contribution is 0.410. The summed E-state index contributed by atoms with van der Waals surface area (Å²) in [6, 6.07) is 0.493. The molecule has 0 spiro atoms. The lowest BCUT2D eigenvalue weighted by atomic mass is 9.95. The van der Waals surface area contributed by atoms with Crippen molar-refractivity contribution in [2.75, 3.05) is 18.7 Å². The van der Waals surface area contributed by atoms with Crippen molar-refractivity contribution in [3.05, 3.63) is 12.4 Å². The Bertz CT molecular complexity index is 344. The lowest BCUT2D eigenvalue weighted by Gasteiger charge is -2.30. The Morgan fingerprint density at radius 1 is 1.29 bits per heavy atom. The van der Waals surface area contributed by atoms with Crippen LogP contribution in [-0.4, -0.2) is 34.6 Å². The molecule has 1 aromatic rings. The highest BCUT2D eigenvalue weighted by Crippen LogP contribution is 2.28. The van der Waals surface area contributed by atoms with Gasteiger partial charge in [0.15, 0.2) is 5.75 Å². The van der Waals surface area contributed by atoms with E-state index in [2.05, 4.69) is 21.5 Å². The zero-order valence-corrected chi connectivity index (χ0v) is 11.2. The summed E-state index contributed by atoms with van der Waals surface area (Å²) in [6.45, 7) is 0. The first-order valence-electron chi connectivity index (χ1n) is 5.99. The van der Waals surface area contributed by atoms with Crippen molar-refractivity contribution in [3.63, 3.8) is 0 Å². The molecule has 1 aliphatic carbocycles. The molecule has 94 valence electrons. The molecule has 17 heavy (non-hydrogen) atoms. The number of nitrogens with zero attached hydrogens (tertiary/aromatic N) is 2. The number of hydrogen-bond acceptors (Lipinski definition) is 5. The third-order valence-corrected chi connectivity index (χ3v) is 4.35. The number of hydrogen-bond donors (Lipinski definition) is 1. The van der Waals surface area contributed by atoms with Gasteiger partial charge < -0.3 is 10.1 Å². The molecule has 0 amide bonds. The van der Waals surface area contributed by atoms with Crippen molar-refractivity contribution in [3.8, 4) is 5.75 Å². The van der Waals surface area contributed by atoms with Gasteiger partial charge in [0, 0.05) is 11.3 Å². The van der Waals surface area contributed by atoms with Crippen LogP contribution < -0.4 is 10.1 Å². The average molecular weight is 253 g/mol. The lowest BCUT2D eigenvalue weighted by Crippen LogP contribution is -2.34. The largest absolute Gasteiger partial charge is 0.494 e. The summed E-state index contributed by atoms with van der Waals surface area (Å²) in [5.41, 5.74) is 0. The summed E-state index contributed by atoms with van der Waals surface area (Å²) < 4.78 is 5.04. The van der Waals surface area contributed by atoms with Crippen molar-refractivity contribution in [2.24, 2.45) is 0 Å². The van der Waals surface area contributed by atoms with Gasteiger partial charge in [-0.05, 0) is 19.1 Å². The van der Waals surface area contributed by atoms with E-state index in [9.17, 15) is 0 Å². The van der Waals surface area contributed by atoms with Crippen molar-refractivity contribution in [1.82, 2.24) is 9.97 Å². The fraction of sp³-hybridized carbons (Fsp3) is 0.667. The number of ether oxygens (including phenoxy) is 1. The molecule has 1 fully saturated rings. The van der Waals surface area contributed by atoms with E-state index in [1.54, 1.807) is 19.5 Å². The standard InChI is InChI=1S/C12H19N3OS/c1-16-9-7-13-12(14-8-9)15-10-5-3-4-6-11(10)17-2/h7-8,10-11H,3-6H2,1-2H3,(H,13,14,15). The summed E-state index contributed by atoms with van der Waals surface area (Å²) in [6.07, 6.45) is 10.7. The maximum atomic E-state index is 5.04. The van der Waals surface area contributed by atoms with Gasteiger partial charge in [-0.3, -0.25) is 0 Å². The molecule has 1 aliphatic rings. The van der Waals surface area contributed by atoms with Gasteiger partial charge in [0.2, 0.25) is 5.95 Å². The average Bonchev–Trinajstić information content (AvgIpc) is 2.40. The van der Waals surface area contributed by atoms with E-state index < -0.39 is 0 Å². The molecule has 0 aromatic carbocycles. The van der Waals surface area contributed by atoms with Gasteiger partial charge in [-0.1, -0.05) is 12.8 Å². The highest BCUT2D eigenvalue weighted by Gasteiger charge is 2.24. The number of methoxy groups -OCH3 is 1.